The van der Waals surface area contributed by atoms with E-state index in [4.69, 9.17) is 0 Å². The van der Waals surface area contributed by atoms with E-state index < -0.39 is 0 Å². The minimum Gasteiger partial charge on any atom is -0.355 e. The quantitative estimate of drug-likeness (QED) is 0.621. The second-order valence-electron chi connectivity index (χ2n) is 4.03. The van der Waals surface area contributed by atoms with Crippen molar-refractivity contribution in [2.45, 2.75) is 32.2 Å². The van der Waals surface area contributed by atoms with Gasteiger partial charge in [0.1, 0.15) is 0 Å². The number of hydrogen-bond acceptors (Lipinski definition) is 2. The second-order valence-corrected chi connectivity index (χ2v) is 4.03. The first-order valence-corrected chi connectivity index (χ1v) is 4.77. The third kappa shape index (κ3) is 1.33. The summed E-state index contributed by atoms with van der Waals surface area (Å²) in [6, 6.07) is 0.0902. The van der Waals surface area contributed by atoms with Crippen molar-refractivity contribution in [1.29, 1.82) is 0 Å². The molecule has 1 amide bonds. The number of carbonyl (C=O) groups is 1. The SMILES string of the molecule is CCNC(=O)[C@@H]1CC2(CC2)CN1. The maximum absolute atomic E-state index is 11.4. The molecule has 1 aliphatic carbocycles. The normalized spacial score (nSPS) is 30.6. The van der Waals surface area contributed by atoms with Crippen LogP contribution in [0.4, 0.5) is 0 Å². The molecular weight excluding hydrogens is 152 g/mol. The lowest BCUT2D eigenvalue weighted by atomic mass is 10.0. The molecule has 2 rings (SSSR count). The molecule has 3 heteroatoms. The van der Waals surface area contributed by atoms with Crippen LogP contribution in [0, 0.1) is 5.41 Å². The summed E-state index contributed by atoms with van der Waals surface area (Å²) in [6.45, 7) is 3.75. The molecule has 1 saturated carbocycles. The fraction of sp³-hybridized carbons (Fsp3) is 0.889. The number of likely N-dealkylation sites (N-methyl/N-ethyl adjacent to an activating group) is 1. The Morgan fingerprint density at radius 2 is 2.42 bits per heavy atom. The van der Waals surface area contributed by atoms with E-state index >= 15 is 0 Å². The molecular formula is C9H16N2O. The minimum absolute atomic E-state index is 0.0902. The molecule has 0 unspecified atom stereocenters. The van der Waals surface area contributed by atoms with Crippen LogP contribution in [0.2, 0.25) is 0 Å². The fourth-order valence-electron chi connectivity index (χ4n) is 1.96. The van der Waals surface area contributed by atoms with Crippen molar-refractivity contribution in [3.63, 3.8) is 0 Å². The number of hydrogen-bond donors (Lipinski definition) is 2. The lowest BCUT2D eigenvalue weighted by Gasteiger charge is -2.09. The van der Waals surface area contributed by atoms with Crippen LogP contribution in [0.15, 0.2) is 0 Å². The monoisotopic (exact) mass is 168 g/mol. The summed E-state index contributed by atoms with van der Waals surface area (Å²) in [7, 11) is 0. The van der Waals surface area contributed by atoms with Crippen LogP contribution in [-0.2, 0) is 4.79 Å². The van der Waals surface area contributed by atoms with Gasteiger partial charge in [0.05, 0.1) is 6.04 Å². The van der Waals surface area contributed by atoms with Crippen LogP contribution in [0.1, 0.15) is 26.2 Å². The smallest absolute Gasteiger partial charge is 0.237 e. The minimum atomic E-state index is 0.0902. The van der Waals surface area contributed by atoms with E-state index in [9.17, 15) is 4.79 Å². The van der Waals surface area contributed by atoms with Crippen LogP contribution >= 0.6 is 0 Å². The average molecular weight is 168 g/mol. The summed E-state index contributed by atoms with van der Waals surface area (Å²) in [5.41, 5.74) is 0.524. The molecule has 0 radical (unpaired) electrons. The van der Waals surface area contributed by atoms with Crippen molar-refractivity contribution in [1.82, 2.24) is 10.6 Å². The van der Waals surface area contributed by atoms with E-state index in [2.05, 4.69) is 10.6 Å². The summed E-state index contributed by atoms with van der Waals surface area (Å²) in [5.74, 6) is 0.182. The number of nitrogens with one attached hydrogen (secondary N) is 2. The molecule has 2 aliphatic rings. The maximum Gasteiger partial charge on any atom is 0.237 e. The summed E-state index contributed by atoms with van der Waals surface area (Å²) >= 11 is 0. The molecule has 1 spiro atoms. The first-order valence-electron chi connectivity index (χ1n) is 4.77. The fourth-order valence-corrected chi connectivity index (χ4v) is 1.96. The molecule has 2 fully saturated rings. The maximum atomic E-state index is 11.4. The van der Waals surface area contributed by atoms with Gasteiger partial charge in [-0.2, -0.15) is 0 Å². The molecule has 0 aromatic rings. The van der Waals surface area contributed by atoms with E-state index in [-0.39, 0.29) is 11.9 Å². The molecule has 68 valence electrons. The Hall–Kier alpha value is -0.570. The number of rotatable bonds is 2. The summed E-state index contributed by atoms with van der Waals surface area (Å²) < 4.78 is 0. The average Bonchev–Trinajstić information content (AvgIpc) is 2.62. The van der Waals surface area contributed by atoms with Crippen molar-refractivity contribution in [3.05, 3.63) is 0 Å². The Bertz CT molecular complexity index is 199. The zero-order chi connectivity index (χ0) is 8.60. The van der Waals surface area contributed by atoms with Gasteiger partial charge in [0, 0.05) is 13.1 Å². The van der Waals surface area contributed by atoms with Crippen LogP contribution in [-0.4, -0.2) is 25.0 Å². The van der Waals surface area contributed by atoms with Gasteiger partial charge >= 0.3 is 0 Å². The van der Waals surface area contributed by atoms with E-state index in [1.807, 2.05) is 6.92 Å². The van der Waals surface area contributed by atoms with Crippen LogP contribution < -0.4 is 10.6 Å². The highest BCUT2D eigenvalue weighted by atomic mass is 16.2. The first-order chi connectivity index (χ1) is 5.76. The molecule has 0 aromatic heterocycles. The topological polar surface area (TPSA) is 41.1 Å². The number of carbonyl (C=O) groups excluding carboxylic acids is 1. The van der Waals surface area contributed by atoms with Crippen molar-refractivity contribution >= 4 is 5.91 Å². The highest BCUT2D eigenvalue weighted by Crippen LogP contribution is 2.51. The molecule has 0 aromatic carbocycles. The third-order valence-electron chi connectivity index (χ3n) is 2.99. The lowest BCUT2D eigenvalue weighted by Crippen LogP contribution is -2.40. The van der Waals surface area contributed by atoms with Gasteiger partial charge in [-0.1, -0.05) is 0 Å². The van der Waals surface area contributed by atoms with E-state index in [0.717, 1.165) is 19.5 Å². The van der Waals surface area contributed by atoms with Gasteiger partial charge in [-0.3, -0.25) is 4.79 Å². The Labute approximate surface area is 72.9 Å². The van der Waals surface area contributed by atoms with E-state index in [1.165, 1.54) is 12.8 Å². The Balaban J connectivity index is 1.86. The zero-order valence-corrected chi connectivity index (χ0v) is 7.52. The molecule has 12 heavy (non-hydrogen) atoms. The molecule has 2 N–H and O–H groups in total. The highest BCUT2D eigenvalue weighted by Gasteiger charge is 2.49. The predicted octanol–water partition coefficient (Wildman–Crippen LogP) is 0.265. The summed E-state index contributed by atoms with van der Waals surface area (Å²) in [6.07, 6.45) is 3.69. The molecule has 0 bridgehead atoms. The van der Waals surface area contributed by atoms with Crippen molar-refractivity contribution in [3.8, 4) is 0 Å². The van der Waals surface area contributed by atoms with Gasteiger partial charge in [0.2, 0.25) is 5.91 Å². The van der Waals surface area contributed by atoms with Gasteiger partial charge in [-0.25, -0.2) is 0 Å². The molecule has 1 heterocycles. The van der Waals surface area contributed by atoms with Crippen LogP contribution in [0.5, 0.6) is 0 Å². The predicted molar refractivity (Wildman–Crippen MR) is 46.8 cm³/mol. The first kappa shape index (κ1) is 8.05. The molecule has 3 nitrogen and oxygen atoms in total. The van der Waals surface area contributed by atoms with Crippen LogP contribution in [0.3, 0.4) is 0 Å². The van der Waals surface area contributed by atoms with Crippen LogP contribution in [0.25, 0.3) is 0 Å². The zero-order valence-electron chi connectivity index (χ0n) is 7.52. The van der Waals surface area contributed by atoms with Gasteiger partial charge in [0.15, 0.2) is 0 Å². The third-order valence-corrected chi connectivity index (χ3v) is 2.99. The van der Waals surface area contributed by atoms with Gasteiger partial charge < -0.3 is 10.6 Å². The van der Waals surface area contributed by atoms with Crippen molar-refractivity contribution in [2.24, 2.45) is 5.41 Å². The number of amides is 1. The lowest BCUT2D eigenvalue weighted by molar-refractivity contribution is -0.122. The second kappa shape index (κ2) is 2.73. The van der Waals surface area contributed by atoms with Gasteiger partial charge in [-0.05, 0) is 31.6 Å². The van der Waals surface area contributed by atoms with Crippen molar-refractivity contribution < 1.29 is 4.79 Å². The van der Waals surface area contributed by atoms with Crippen molar-refractivity contribution in [2.75, 3.05) is 13.1 Å². The summed E-state index contributed by atoms with van der Waals surface area (Å²) in [4.78, 5) is 11.4. The largest absolute Gasteiger partial charge is 0.355 e. The Kier molecular flexibility index (Phi) is 1.83. The van der Waals surface area contributed by atoms with Gasteiger partial charge in [0.25, 0.3) is 0 Å². The Morgan fingerprint density at radius 3 is 2.92 bits per heavy atom. The van der Waals surface area contributed by atoms with E-state index in [0.29, 0.717) is 5.41 Å². The highest BCUT2D eigenvalue weighted by molar-refractivity contribution is 5.82. The van der Waals surface area contributed by atoms with Gasteiger partial charge in [-0.15, -0.1) is 0 Å². The standard InChI is InChI=1S/C9H16N2O/c1-2-10-8(12)7-5-9(3-4-9)6-11-7/h7,11H,2-6H2,1H3,(H,10,12)/t7-/m0/s1. The Morgan fingerprint density at radius 1 is 1.67 bits per heavy atom. The molecule has 1 saturated heterocycles. The summed E-state index contributed by atoms with van der Waals surface area (Å²) in [5, 5.41) is 6.13. The molecule has 1 atom stereocenters. The van der Waals surface area contributed by atoms with E-state index in [1.54, 1.807) is 0 Å². The molecule has 1 aliphatic heterocycles.